The number of nitrogens with one attached hydrogen (secondary N) is 2. The molecule has 18 heavy (non-hydrogen) atoms. The second-order valence-electron chi connectivity index (χ2n) is 5.58. The standard InChI is InChI=1S/C16H22N2/c1-11-6-5-8-14-15(12(2)18-16(11)14)10-13-7-3-4-9-17-13/h5-6,8,13,17-18H,3-4,7,9-10H2,1-2H3. The molecule has 2 nitrogen and oxygen atoms in total. The predicted molar refractivity (Wildman–Crippen MR) is 77.1 cm³/mol. The normalized spacial score (nSPS) is 20.4. The van der Waals surface area contributed by atoms with Crippen molar-refractivity contribution in [2.45, 2.75) is 45.6 Å². The van der Waals surface area contributed by atoms with E-state index >= 15 is 0 Å². The van der Waals surface area contributed by atoms with Crippen LogP contribution in [0.3, 0.4) is 0 Å². The van der Waals surface area contributed by atoms with E-state index in [1.807, 2.05) is 0 Å². The van der Waals surface area contributed by atoms with E-state index in [9.17, 15) is 0 Å². The van der Waals surface area contributed by atoms with Gasteiger partial charge in [0.1, 0.15) is 0 Å². The van der Waals surface area contributed by atoms with Crippen molar-refractivity contribution in [1.29, 1.82) is 0 Å². The van der Waals surface area contributed by atoms with Crippen LogP contribution < -0.4 is 5.32 Å². The minimum Gasteiger partial charge on any atom is -0.358 e. The topological polar surface area (TPSA) is 27.8 Å². The van der Waals surface area contributed by atoms with E-state index in [0.29, 0.717) is 6.04 Å². The summed E-state index contributed by atoms with van der Waals surface area (Å²) in [5, 5.41) is 5.07. The summed E-state index contributed by atoms with van der Waals surface area (Å²) in [7, 11) is 0. The number of hydrogen-bond donors (Lipinski definition) is 2. The van der Waals surface area contributed by atoms with Gasteiger partial charge in [0.15, 0.2) is 0 Å². The van der Waals surface area contributed by atoms with Crippen LogP contribution in [0, 0.1) is 13.8 Å². The summed E-state index contributed by atoms with van der Waals surface area (Å²) in [6.07, 6.45) is 5.19. The van der Waals surface area contributed by atoms with E-state index < -0.39 is 0 Å². The fourth-order valence-corrected chi connectivity index (χ4v) is 3.16. The number of aromatic amines is 1. The second kappa shape index (κ2) is 4.77. The maximum absolute atomic E-state index is 3.65. The van der Waals surface area contributed by atoms with Gasteiger partial charge in [-0.15, -0.1) is 0 Å². The molecule has 1 unspecified atom stereocenters. The first-order valence-electron chi connectivity index (χ1n) is 7.06. The van der Waals surface area contributed by atoms with Gasteiger partial charge in [0.2, 0.25) is 0 Å². The van der Waals surface area contributed by atoms with E-state index in [0.717, 1.165) is 6.42 Å². The van der Waals surface area contributed by atoms with Gasteiger partial charge in [-0.1, -0.05) is 24.6 Å². The Balaban J connectivity index is 1.95. The van der Waals surface area contributed by atoms with Crippen LogP contribution in [0.4, 0.5) is 0 Å². The van der Waals surface area contributed by atoms with Gasteiger partial charge in [-0.3, -0.25) is 0 Å². The van der Waals surface area contributed by atoms with Crippen molar-refractivity contribution in [2.75, 3.05) is 6.54 Å². The highest BCUT2D eigenvalue weighted by Crippen LogP contribution is 2.26. The third-order valence-electron chi connectivity index (χ3n) is 4.23. The highest BCUT2D eigenvalue weighted by molar-refractivity contribution is 5.87. The molecule has 1 fully saturated rings. The number of aryl methyl sites for hydroxylation is 2. The fraction of sp³-hybridized carbons (Fsp3) is 0.500. The van der Waals surface area contributed by atoms with Crippen molar-refractivity contribution in [3.63, 3.8) is 0 Å². The lowest BCUT2D eigenvalue weighted by Crippen LogP contribution is -2.35. The smallest absolute Gasteiger partial charge is 0.0488 e. The summed E-state index contributed by atoms with van der Waals surface area (Å²) in [5.41, 5.74) is 5.51. The van der Waals surface area contributed by atoms with E-state index in [-0.39, 0.29) is 0 Å². The van der Waals surface area contributed by atoms with Crippen molar-refractivity contribution in [3.8, 4) is 0 Å². The van der Waals surface area contributed by atoms with Crippen molar-refractivity contribution in [2.24, 2.45) is 0 Å². The van der Waals surface area contributed by atoms with E-state index in [1.165, 1.54) is 53.5 Å². The van der Waals surface area contributed by atoms with Crippen molar-refractivity contribution >= 4 is 10.9 Å². The zero-order chi connectivity index (χ0) is 12.5. The molecule has 0 aliphatic carbocycles. The lowest BCUT2D eigenvalue weighted by Gasteiger charge is -2.23. The average molecular weight is 242 g/mol. The van der Waals surface area contributed by atoms with Gasteiger partial charge < -0.3 is 10.3 Å². The zero-order valence-electron chi connectivity index (χ0n) is 11.3. The van der Waals surface area contributed by atoms with Crippen LogP contribution in [0.1, 0.15) is 36.1 Å². The molecule has 2 heteroatoms. The number of aromatic nitrogens is 1. The van der Waals surface area contributed by atoms with E-state index in [1.54, 1.807) is 0 Å². The summed E-state index contributed by atoms with van der Waals surface area (Å²) < 4.78 is 0. The molecule has 2 heterocycles. The van der Waals surface area contributed by atoms with Gasteiger partial charge in [-0.05, 0) is 50.8 Å². The molecule has 1 aromatic heterocycles. The Morgan fingerprint density at radius 1 is 1.22 bits per heavy atom. The molecule has 1 atom stereocenters. The molecule has 1 aliphatic rings. The first-order chi connectivity index (χ1) is 8.75. The van der Waals surface area contributed by atoms with Crippen molar-refractivity contribution in [3.05, 3.63) is 35.0 Å². The van der Waals surface area contributed by atoms with Crippen LogP contribution in [0.2, 0.25) is 0 Å². The Hall–Kier alpha value is -1.28. The van der Waals surface area contributed by atoms with Crippen molar-refractivity contribution in [1.82, 2.24) is 10.3 Å². The van der Waals surface area contributed by atoms with Crippen LogP contribution in [0.15, 0.2) is 18.2 Å². The number of piperidine rings is 1. The molecule has 0 saturated carbocycles. The van der Waals surface area contributed by atoms with Crippen LogP contribution in [0.5, 0.6) is 0 Å². The number of H-pyrrole nitrogens is 1. The molecule has 1 saturated heterocycles. The van der Waals surface area contributed by atoms with Gasteiger partial charge in [0.05, 0.1) is 0 Å². The molecular weight excluding hydrogens is 220 g/mol. The number of fused-ring (bicyclic) bond motifs is 1. The molecule has 2 aromatic rings. The van der Waals surface area contributed by atoms with Gasteiger partial charge in [-0.2, -0.15) is 0 Å². The molecule has 2 N–H and O–H groups in total. The van der Waals surface area contributed by atoms with E-state index in [2.05, 4.69) is 42.3 Å². The van der Waals surface area contributed by atoms with Crippen LogP contribution >= 0.6 is 0 Å². The predicted octanol–water partition coefficient (Wildman–Crippen LogP) is 3.47. The third-order valence-corrected chi connectivity index (χ3v) is 4.23. The SMILES string of the molecule is Cc1[nH]c2c(C)cccc2c1CC1CCCCN1. The first-order valence-corrected chi connectivity index (χ1v) is 7.06. The number of para-hydroxylation sites is 1. The van der Waals surface area contributed by atoms with Gasteiger partial charge in [-0.25, -0.2) is 0 Å². The summed E-state index contributed by atoms with van der Waals surface area (Å²) in [6.45, 7) is 5.57. The largest absolute Gasteiger partial charge is 0.358 e. The molecule has 0 bridgehead atoms. The molecule has 96 valence electrons. The zero-order valence-corrected chi connectivity index (χ0v) is 11.3. The molecular formula is C16H22N2. The summed E-state index contributed by atoms with van der Waals surface area (Å²) in [6, 6.07) is 7.27. The maximum Gasteiger partial charge on any atom is 0.0488 e. The highest BCUT2D eigenvalue weighted by Gasteiger charge is 2.17. The molecule has 0 radical (unpaired) electrons. The molecule has 3 rings (SSSR count). The Bertz CT molecular complexity index is 547. The van der Waals surface area contributed by atoms with Gasteiger partial charge >= 0.3 is 0 Å². The number of benzene rings is 1. The Labute approximate surface area is 109 Å². The summed E-state index contributed by atoms with van der Waals surface area (Å²) in [4.78, 5) is 3.56. The fourth-order valence-electron chi connectivity index (χ4n) is 3.16. The minimum absolute atomic E-state index is 0.664. The second-order valence-corrected chi connectivity index (χ2v) is 5.58. The summed E-state index contributed by atoms with van der Waals surface area (Å²) >= 11 is 0. The molecule has 1 aliphatic heterocycles. The molecule has 0 amide bonds. The Kier molecular flexibility index (Phi) is 3.13. The van der Waals surface area contributed by atoms with Crippen LogP contribution in [-0.4, -0.2) is 17.6 Å². The minimum atomic E-state index is 0.664. The Morgan fingerprint density at radius 2 is 2.11 bits per heavy atom. The Morgan fingerprint density at radius 3 is 2.89 bits per heavy atom. The van der Waals surface area contributed by atoms with Gasteiger partial charge in [0.25, 0.3) is 0 Å². The third kappa shape index (κ3) is 2.05. The van der Waals surface area contributed by atoms with Crippen LogP contribution in [0.25, 0.3) is 10.9 Å². The number of rotatable bonds is 2. The lowest BCUT2D eigenvalue weighted by molar-refractivity contribution is 0.399. The van der Waals surface area contributed by atoms with Gasteiger partial charge in [0, 0.05) is 22.6 Å². The molecule has 0 spiro atoms. The van der Waals surface area contributed by atoms with E-state index in [4.69, 9.17) is 0 Å². The van der Waals surface area contributed by atoms with Crippen LogP contribution in [-0.2, 0) is 6.42 Å². The lowest BCUT2D eigenvalue weighted by atomic mass is 9.96. The first kappa shape index (κ1) is 11.8. The monoisotopic (exact) mass is 242 g/mol. The number of hydrogen-bond acceptors (Lipinski definition) is 1. The average Bonchev–Trinajstić information content (AvgIpc) is 2.70. The highest BCUT2D eigenvalue weighted by atomic mass is 14.9. The molecule has 1 aromatic carbocycles. The summed E-state index contributed by atoms with van der Waals surface area (Å²) in [5.74, 6) is 0. The van der Waals surface area contributed by atoms with Crippen molar-refractivity contribution < 1.29 is 0 Å². The maximum atomic E-state index is 3.65. The quantitative estimate of drug-likeness (QED) is 0.829.